The van der Waals surface area contributed by atoms with E-state index in [0.29, 0.717) is 23.6 Å². The van der Waals surface area contributed by atoms with Gasteiger partial charge in [0.05, 0.1) is 29.2 Å². The molecule has 0 amide bonds. The first-order valence-corrected chi connectivity index (χ1v) is 12.5. The summed E-state index contributed by atoms with van der Waals surface area (Å²) in [5, 5.41) is 17.9. The molecule has 184 valence electrons. The van der Waals surface area contributed by atoms with Crippen molar-refractivity contribution in [3.63, 3.8) is 0 Å². The average molecular weight is 484 g/mol. The van der Waals surface area contributed by atoms with Crippen molar-refractivity contribution in [2.75, 3.05) is 37.6 Å². The molecular formula is C27H29N7O2. The number of anilines is 1. The lowest BCUT2D eigenvalue weighted by Gasteiger charge is -2.34. The van der Waals surface area contributed by atoms with E-state index in [0.717, 1.165) is 74.5 Å². The van der Waals surface area contributed by atoms with Crippen molar-refractivity contribution in [2.45, 2.75) is 39.0 Å². The minimum Gasteiger partial charge on any atom is -0.457 e. The first kappa shape index (κ1) is 22.7. The zero-order valence-electron chi connectivity index (χ0n) is 20.4. The molecule has 5 heterocycles. The zero-order chi connectivity index (χ0) is 24.6. The Morgan fingerprint density at radius 1 is 1.22 bits per heavy atom. The predicted molar refractivity (Wildman–Crippen MR) is 134 cm³/mol. The van der Waals surface area contributed by atoms with E-state index in [4.69, 9.17) is 4.74 Å². The molecule has 0 aliphatic carbocycles. The number of nitriles is 1. The number of ether oxygens (including phenoxy) is 1. The second-order valence-corrected chi connectivity index (χ2v) is 9.78. The number of nitrogens with zero attached hydrogens (tertiary/aromatic N) is 6. The Balaban J connectivity index is 1.16. The number of hydrogen-bond donors (Lipinski definition) is 1. The molecule has 1 aromatic carbocycles. The standard InChI is InChI=1S/C27H29N7O2/c1-18-21(4-5-22-23(18)17-36-27(22)35)24-16-32(9-6-29-24)14-19-12-31-34(15-19)26-10-20(11-28)25(13-30-26)33-7-2-3-8-33/h4-5,10,12-13,15,24,29H,2-3,6-9,14,16-17H2,1H3. The SMILES string of the molecule is Cc1c(C2CN(Cc3cnn(-c4cc(C#N)c(N5CCCC5)cn4)c3)CCN2)ccc2c1COC2=O. The van der Waals surface area contributed by atoms with E-state index in [1.165, 1.54) is 5.56 Å². The van der Waals surface area contributed by atoms with Crippen LogP contribution in [-0.2, 0) is 17.9 Å². The highest BCUT2D eigenvalue weighted by Crippen LogP contribution is 2.30. The Morgan fingerprint density at radius 2 is 2.08 bits per heavy atom. The second kappa shape index (κ2) is 9.37. The van der Waals surface area contributed by atoms with E-state index in [9.17, 15) is 10.1 Å². The van der Waals surface area contributed by atoms with Crippen molar-refractivity contribution in [2.24, 2.45) is 0 Å². The monoisotopic (exact) mass is 483 g/mol. The van der Waals surface area contributed by atoms with E-state index in [-0.39, 0.29) is 12.0 Å². The maximum absolute atomic E-state index is 11.9. The number of hydrogen-bond acceptors (Lipinski definition) is 8. The van der Waals surface area contributed by atoms with Crippen LogP contribution in [-0.4, -0.2) is 58.4 Å². The van der Waals surface area contributed by atoms with E-state index in [1.807, 2.05) is 24.5 Å². The number of benzene rings is 1. The Hall–Kier alpha value is -3.74. The molecule has 0 bridgehead atoms. The van der Waals surface area contributed by atoms with Crippen LogP contribution in [0.5, 0.6) is 0 Å². The number of nitrogens with one attached hydrogen (secondary N) is 1. The van der Waals surface area contributed by atoms with Gasteiger partial charge in [0, 0.05) is 68.7 Å². The maximum Gasteiger partial charge on any atom is 0.338 e. The fraction of sp³-hybridized carbons (Fsp3) is 0.407. The second-order valence-electron chi connectivity index (χ2n) is 9.78. The molecule has 0 spiro atoms. The molecule has 0 radical (unpaired) electrons. The van der Waals surface area contributed by atoms with Gasteiger partial charge in [-0.3, -0.25) is 4.90 Å². The van der Waals surface area contributed by atoms with Crippen LogP contribution >= 0.6 is 0 Å². The van der Waals surface area contributed by atoms with Crippen molar-refractivity contribution < 1.29 is 9.53 Å². The summed E-state index contributed by atoms with van der Waals surface area (Å²) in [7, 11) is 0. The Morgan fingerprint density at radius 3 is 2.92 bits per heavy atom. The number of carbonyl (C=O) groups excluding carboxylic acids is 1. The lowest BCUT2D eigenvalue weighted by atomic mass is 9.93. The van der Waals surface area contributed by atoms with Crippen molar-refractivity contribution in [3.8, 4) is 11.9 Å². The molecule has 2 saturated heterocycles. The molecule has 3 aliphatic heterocycles. The van der Waals surface area contributed by atoms with Crippen LogP contribution in [0.3, 0.4) is 0 Å². The molecule has 3 aromatic rings. The number of esters is 1. The first-order valence-electron chi connectivity index (χ1n) is 12.5. The van der Waals surface area contributed by atoms with Crippen LogP contribution in [0.15, 0.2) is 36.8 Å². The summed E-state index contributed by atoms with van der Waals surface area (Å²) in [5.74, 6) is 0.432. The van der Waals surface area contributed by atoms with Gasteiger partial charge in [-0.2, -0.15) is 10.4 Å². The van der Waals surface area contributed by atoms with Crippen LogP contribution < -0.4 is 10.2 Å². The summed E-state index contributed by atoms with van der Waals surface area (Å²) in [6.07, 6.45) is 7.99. The van der Waals surface area contributed by atoms with Gasteiger partial charge in [-0.05, 0) is 37.0 Å². The quantitative estimate of drug-likeness (QED) is 0.553. The van der Waals surface area contributed by atoms with Crippen molar-refractivity contribution >= 4 is 11.7 Å². The summed E-state index contributed by atoms with van der Waals surface area (Å²) in [6, 6.07) is 8.31. The number of carbonyl (C=O) groups is 1. The fourth-order valence-electron chi connectivity index (χ4n) is 5.60. The lowest BCUT2D eigenvalue weighted by molar-refractivity contribution is 0.0535. The predicted octanol–water partition coefficient (Wildman–Crippen LogP) is 2.86. The molecular weight excluding hydrogens is 454 g/mol. The summed E-state index contributed by atoms with van der Waals surface area (Å²) in [6.45, 7) is 7.86. The van der Waals surface area contributed by atoms with Gasteiger partial charge in [0.15, 0.2) is 5.82 Å². The highest BCUT2D eigenvalue weighted by atomic mass is 16.5. The number of fused-ring (bicyclic) bond motifs is 1. The third kappa shape index (κ3) is 4.12. The largest absolute Gasteiger partial charge is 0.457 e. The van der Waals surface area contributed by atoms with E-state index < -0.39 is 0 Å². The van der Waals surface area contributed by atoms with Gasteiger partial charge in [-0.15, -0.1) is 0 Å². The van der Waals surface area contributed by atoms with Gasteiger partial charge < -0.3 is 15.0 Å². The highest BCUT2D eigenvalue weighted by Gasteiger charge is 2.28. The van der Waals surface area contributed by atoms with Crippen molar-refractivity contribution in [3.05, 3.63) is 70.2 Å². The molecule has 1 N–H and O–H groups in total. The minimum atomic E-state index is -0.225. The van der Waals surface area contributed by atoms with Gasteiger partial charge in [0.25, 0.3) is 0 Å². The lowest BCUT2D eigenvalue weighted by Crippen LogP contribution is -2.45. The smallest absolute Gasteiger partial charge is 0.338 e. The van der Waals surface area contributed by atoms with Gasteiger partial charge in [-0.1, -0.05) is 6.07 Å². The Labute approximate surface area is 210 Å². The first-order chi connectivity index (χ1) is 17.6. The van der Waals surface area contributed by atoms with Gasteiger partial charge in [0.1, 0.15) is 12.7 Å². The number of cyclic esters (lactones) is 1. The molecule has 9 heteroatoms. The van der Waals surface area contributed by atoms with Crippen LogP contribution in [0.2, 0.25) is 0 Å². The van der Waals surface area contributed by atoms with E-state index >= 15 is 0 Å². The van der Waals surface area contributed by atoms with Gasteiger partial charge in [-0.25, -0.2) is 14.5 Å². The number of rotatable bonds is 5. The number of piperazine rings is 1. The summed E-state index contributed by atoms with van der Waals surface area (Å²) in [4.78, 5) is 21.2. The molecule has 1 unspecified atom stereocenters. The summed E-state index contributed by atoms with van der Waals surface area (Å²) < 4.78 is 6.98. The maximum atomic E-state index is 11.9. The zero-order valence-corrected chi connectivity index (χ0v) is 20.4. The number of aromatic nitrogens is 3. The molecule has 0 saturated carbocycles. The fourth-order valence-corrected chi connectivity index (χ4v) is 5.60. The van der Waals surface area contributed by atoms with Crippen LogP contribution in [0.4, 0.5) is 5.69 Å². The van der Waals surface area contributed by atoms with E-state index in [2.05, 4.69) is 44.3 Å². The van der Waals surface area contributed by atoms with Crippen molar-refractivity contribution in [1.82, 2.24) is 25.0 Å². The third-order valence-electron chi connectivity index (χ3n) is 7.56. The number of pyridine rings is 1. The summed E-state index contributed by atoms with van der Waals surface area (Å²) in [5.41, 5.74) is 6.72. The molecule has 9 nitrogen and oxygen atoms in total. The van der Waals surface area contributed by atoms with Crippen LogP contribution in [0.1, 0.15) is 57.1 Å². The molecule has 3 aliphatic rings. The molecule has 1 atom stereocenters. The molecule has 6 rings (SSSR count). The molecule has 36 heavy (non-hydrogen) atoms. The van der Waals surface area contributed by atoms with Gasteiger partial charge in [0.2, 0.25) is 0 Å². The normalized spacial score (nSPS) is 19.8. The topological polar surface area (TPSA) is 99.3 Å². The van der Waals surface area contributed by atoms with Crippen LogP contribution in [0.25, 0.3) is 5.82 Å². The highest BCUT2D eigenvalue weighted by molar-refractivity contribution is 5.94. The van der Waals surface area contributed by atoms with Crippen molar-refractivity contribution in [1.29, 1.82) is 5.26 Å². The van der Waals surface area contributed by atoms with Gasteiger partial charge >= 0.3 is 5.97 Å². The molecule has 2 fully saturated rings. The summed E-state index contributed by atoms with van der Waals surface area (Å²) >= 11 is 0. The third-order valence-corrected chi connectivity index (χ3v) is 7.56. The minimum absolute atomic E-state index is 0.188. The van der Waals surface area contributed by atoms with Crippen LogP contribution in [0, 0.1) is 18.3 Å². The average Bonchev–Trinajstić information content (AvgIpc) is 3.67. The van der Waals surface area contributed by atoms with E-state index in [1.54, 1.807) is 10.9 Å². The Kier molecular flexibility index (Phi) is 5.91. The molecule has 2 aromatic heterocycles. The Bertz CT molecular complexity index is 1350.